The van der Waals surface area contributed by atoms with Gasteiger partial charge in [-0.1, -0.05) is 50.6 Å². The number of benzene rings is 1. The van der Waals surface area contributed by atoms with Crippen LogP contribution in [0.1, 0.15) is 46.6 Å². The average molecular weight is 379 g/mol. The van der Waals surface area contributed by atoms with E-state index in [1.807, 2.05) is 51.1 Å². The van der Waals surface area contributed by atoms with E-state index in [0.29, 0.717) is 13.0 Å². The second kappa shape index (κ2) is 10.9. The Morgan fingerprint density at radius 3 is 2.30 bits per heavy atom. The van der Waals surface area contributed by atoms with Gasteiger partial charge < -0.3 is 20.1 Å². The Balaban J connectivity index is 2.76. The van der Waals surface area contributed by atoms with Crippen LogP contribution in [0.3, 0.4) is 0 Å². The molecule has 0 heterocycles. The van der Waals surface area contributed by atoms with Crippen molar-refractivity contribution in [2.24, 2.45) is 5.92 Å². The van der Waals surface area contributed by atoms with Gasteiger partial charge in [-0.2, -0.15) is 0 Å². The van der Waals surface area contributed by atoms with Crippen LogP contribution in [0, 0.1) is 5.92 Å². The van der Waals surface area contributed by atoms with Gasteiger partial charge in [0.15, 0.2) is 0 Å². The third kappa shape index (κ3) is 8.91. The summed E-state index contributed by atoms with van der Waals surface area (Å²) in [5.74, 6) is -0.0981. The summed E-state index contributed by atoms with van der Waals surface area (Å²) in [6, 6.07) is 9.13. The van der Waals surface area contributed by atoms with Crippen LogP contribution in [-0.4, -0.2) is 43.4 Å². The molecule has 0 aromatic heterocycles. The average Bonchev–Trinajstić information content (AvgIpc) is 2.61. The van der Waals surface area contributed by atoms with Gasteiger partial charge in [-0.05, 0) is 38.7 Å². The lowest BCUT2D eigenvalue weighted by molar-refractivity contribution is -0.143. The van der Waals surface area contributed by atoms with Crippen molar-refractivity contribution in [3.63, 3.8) is 0 Å². The molecule has 0 saturated heterocycles. The number of hydrogen-bond acceptors (Lipinski definition) is 5. The quantitative estimate of drug-likeness (QED) is 0.645. The summed E-state index contributed by atoms with van der Waals surface area (Å²) in [5.41, 5.74) is 0.486. The molecule has 0 unspecified atom stereocenters. The number of amides is 1. The Kier molecular flexibility index (Phi) is 9.29. The van der Waals surface area contributed by atoms with E-state index >= 15 is 0 Å². The van der Waals surface area contributed by atoms with Gasteiger partial charge in [0.25, 0.3) is 0 Å². The smallest absolute Gasteiger partial charge is 0.407 e. The summed E-state index contributed by atoms with van der Waals surface area (Å²) < 4.78 is 10.3. The number of nitrogens with one attached hydrogen (secondary N) is 2. The molecule has 0 aliphatic carbocycles. The second-order valence-corrected chi connectivity index (χ2v) is 7.81. The minimum absolute atomic E-state index is 0.159. The second-order valence-electron chi connectivity index (χ2n) is 7.81. The monoisotopic (exact) mass is 378 g/mol. The van der Waals surface area contributed by atoms with Crippen LogP contribution in [0.2, 0.25) is 0 Å². The standard InChI is InChI=1S/C21H34N2O4/c1-7-15(2)18(23-20(25)27-21(3,4)5)14-22-17(19(24)26-6)13-16-11-9-8-10-12-16/h8-12,15,17-18,22H,7,13-14H2,1-6H3,(H,23,25)/t15-,17-,18+/m0/s1. The molecular weight excluding hydrogens is 344 g/mol. The van der Waals surface area contributed by atoms with Gasteiger partial charge in [0.1, 0.15) is 11.6 Å². The zero-order valence-corrected chi connectivity index (χ0v) is 17.4. The molecule has 27 heavy (non-hydrogen) atoms. The molecule has 152 valence electrons. The number of alkyl carbamates (subject to hydrolysis) is 1. The first kappa shape index (κ1) is 23.0. The van der Waals surface area contributed by atoms with E-state index < -0.39 is 17.7 Å². The molecule has 0 aliphatic rings. The largest absolute Gasteiger partial charge is 0.468 e. The molecule has 3 atom stereocenters. The number of carbonyl (C=O) groups is 2. The molecule has 1 amide bonds. The summed E-state index contributed by atoms with van der Waals surface area (Å²) in [6.07, 6.45) is 0.962. The highest BCUT2D eigenvalue weighted by molar-refractivity contribution is 5.76. The van der Waals surface area contributed by atoms with Gasteiger partial charge in [-0.15, -0.1) is 0 Å². The Hall–Kier alpha value is -2.08. The summed E-state index contributed by atoms with van der Waals surface area (Å²) in [5, 5.41) is 6.18. The lowest BCUT2D eigenvalue weighted by Crippen LogP contribution is -2.51. The van der Waals surface area contributed by atoms with Gasteiger partial charge in [0.2, 0.25) is 0 Å². The van der Waals surface area contributed by atoms with Crippen molar-refractivity contribution >= 4 is 12.1 Å². The van der Waals surface area contributed by atoms with E-state index in [2.05, 4.69) is 24.5 Å². The van der Waals surface area contributed by atoms with E-state index in [4.69, 9.17) is 9.47 Å². The van der Waals surface area contributed by atoms with Crippen LogP contribution in [0.5, 0.6) is 0 Å². The maximum atomic E-state index is 12.2. The lowest BCUT2D eigenvalue weighted by Gasteiger charge is -2.28. The number of methoxy groups -OCH3 is 1. The maximum Gasteiger partial charge on any atom is 0.407 e. The Morgan fingerprint density at radius 1 is 1.15 bits per heavy atom. The molecule has 1 aromatic rings. The molecule has 0 fully saturated rings. The first-order valence-electron chi connectivity index (χ1n) is 9.51. The first-order valence-corrected chi connectivity index (χ1v) is 9.51. The van der Waals surface area contributed by atoms with Crippen LogP contribution in [0.4, 0.5) is 4.79 Å². The number of carbonyl (C=O) groups excluding carboxylic acids is 2. The van der Waals surface area contributed by atoms with E-state index in [1.54, 1.807) is 0 Å². The Labute approximate surface area is 163 Å². The predicted molar refractivity (Wildman–Crippen MR) is 107 cm³/mol. The van der Waals surface area contributed by atoms with Crippen LogP contribution in [0.25, 0.3) is 0 Å². The predicted octanol–water partition coefficient (Wildman–Crippen LogP) is 3.30. The molecule has 6 nitrogen and oxygen atoms in total. The van der Waals surface area contributed by atoms with Gasteiger partial charge in [0.05, 0.1) is 7.11 Å². The molecule has 0 spiro atoms. The third-order valence-electron chi connectivity index (χ3n) is 4.39. The molecule has 0 saturated carbocycles. The molecular formula is C21H34N2O4. The van der Waals surface area contributed by atoms with E-state index in [0.717, 1.165) is 12.0 Å². The highest BCUT2D eigenvalue weighted by Crippen LogP contribution is 2.12. The minimum Gasteiger partial charge on any atom is -0.468 e. The molecule has 0 bridgehead atoms. The first-order chi connectivity index (χ1) is 12.7. The molecule has 1 rings (SSSR count). The number of hydrogen-bond donors (Lipinski definition) is 2. The van der Waals surface area contributed by atoms with Gasteiger partial charge in [-0.25, -0.2) is 4.79 Å². The topological polar surface area (TPSA) is 76.7 Å². The summed E-state index contributed by atoms with van der Waals surface area (Å²) >= 11 is 0. The molecule has 0 radical (unpaired) electrons. The van der Waals surface area contributed by atoms with Crippen LogP contribution in [-0.2, 0) is 20.7 Å². The van der Waals surface area contributed by atoms with Crippen molar-refractivity contribution in [2.75, 3.05) is 13.7 Å². The van der Waals surface area contributed by atoms with Crippen LogP contribution in [0.15, 0.2) is 30.3 Å². The molecule has 1 aromatic carbocycles. The summed E-state index contributed by atoms with van der Waals surface area (Å²) in [4.78, 5) is 24.3. The fourth-order valence-electron chi connectivity index (χ4n) is 2.64. The van der Waals surface area contributed by atoms with E-state index in [-0.39, 0.29) is 17.9 Å². The van der Waals surface area contributed by atoms with Crippen molar-refractivity contribution in [1.82, 2.24) is 10.6 Å². The van der Waals surface area contributed by atoms with Gasteiger partial charge in [0, 0.05) is 12.6 Å². The zero-order valence-electron chi connectivity index (χ0n) is 17.4. The van der Waals surface area contributed by atoms with Gasteiger partial charge >= 0.3 is 12.1 Å². The van der Waals surface area contributed by atoms with Crippen LogP contribution >= 0.6 is 0 Å². The van der Waals surface area contributed by atoms with E-state index in [1.165, 1.54) is 7.11 Å². The highest BCUT2D eigenvalue weighted by Gasteiger charge is 2.25. The maximum absolute atomic E-state index is 12.2. The summed E-state index contributed by atoms with van der Waals surface area (Å²) in [7, 11) is 1.38. The van der Waals surface area contributed by atoms with Crippen molar-refractivity contribution in [3.05, 3.63) is 35.9 Å². The molecule has 0 aliphatic heterocycles. The SMILES string of the molecule is CC[C@H](C)[C@@H](CN[C@@H](Cc1ccccc1)C(=O)OC)NC(=O)OC(C)(C)C. The van der Waals surface area contributed by atoms with Crippen molar-refractivity contribution in [1.29, 1.82) is 0 Å². The number of esters is 1. The number of ether oxygens (including phenoxy) is 2. The van der Waals surface area contributed by atoms with E-state index in [9.17, 15) is 9.59 Å². The number of rotatable bonds is 9. The molecule has 2 N–H and O–H groups in total. The Morgan fingerprint density at radius 2 is 1.78 bits per heavy atom. The normalized spacial score (nSPS) is 14.7. The highest BCUT2D eigenvalue weighted by atomic mass is 16.6. The minimum atomic E-state index is -0.556. The third-order valence-corrected chi connectivity index (χ3v) is 4.39. The van der Waals surface area contributed by atoms with Gasteiger partial charge in [-0.3, -0.25) is 4.79 Å². The fourth-order valence-corrected chi connectivity index (χ4v) is 2.64. The molecule has 6 heteroatoms. The van der Waals surface area contributed by atoms with Crippen molar-refractivity contribution in [3.8, 4) is 0 Å². The fraction of sp³-hybridized carbons (Fsp3) is 0.619. The Bertz CT molecular complexity index is 584. The van der Waals surface area contributed by atoms with Crippen molar-refractivity contribution in [2.45, 2.75) is 65.1 Å². The van der Waals surface area contributed by atoms with Crippen molar-refractivity contribution < 1.29 is 19.1 Å². The van der Waals surface area contributed by atoms with Crippen LogP contribution < -0.4 is 10.6 Å². The summed E-state index contributed by atoms with van der Waals surface area (Å²) in [6.45, 7) is 10.1. The lowest BCUT2D eigenvalue weighted by atomic mass is 9.98. The zero-order chi connectivity index (χ0) is 20.4.